The topological polar surface area (TPSA) is 91.6 Å². The summed E-state index contributed by atoms with van der Waals surface area (Å²) in [6.07, 6.45) is 0. The molecule has 1 aromatic heterocycles. The zero-order chi connectivity index (χ0) is 22.5. The first-order chi connectivity index (χ1) is 15.5. The minimum atomic E-state index is -0.378. The molecule has 4 rings (SSSR count). The monoisotopic (exact) mass is 471 g/mol. The van der Waals surface area contributed by atoms with Crippen molar-refractivity contribution in [1.29, 1.82) is 0 Å². The predicted molar refractivity (Wildman–Crippen MR) is 130 cm³/mol. The van der Waals surface area contributed by atoms with E-state index in [2.05, 4.69) is 27.0 Å². The highest BCUT2D eigenvalue weighted by Crippen LogP contribution is 2.31. The number of amides is 1. The zero-order valence-corrected chi connectivity index (χ0v) is 19.5. The average Bonchev–Trinajstić information content (AvgIpc) is 3.23. The number of nitrogens with zero attached hydrogens (tertiary/aromatic N) is 4. The van der Waals surface area contributed by atoms with Gasteiger partial charge in [0.1, 0.15) is 0 Å². The number of carbonyl (C=O) groups is 1. The first-order valence-electron chi connectivity index (χ1n) is 10.6. The second kappa shape index (κ2) is 10.3. The molecule has 8 nitrogen and oxygen atoms in total. The van der Waals surface area contributed by atoms with Crippen molar-refractivity contribution < 1.29 is 9.72 Å². The third-order valence-corrected chi connectivity index (χ3v) is 7.29. The molecular formula is C22H25N5O3S2. The Labute approximate surface area is 194 Å². The van der Waals surface area contributed by atoms with E-state index in [0.717, 1.165) is 58.7 Å². The molecule has 0 spiro atoms. The van der Waals surface area contributed by atoms with Crippen LogP contribution in [0.1, 0.15) is 17.3 Å². The summed E-state index contributed by atoms with van der Waals surface area (Å²) in [4.78, 5) is 33.4. The largest absolute Gasteiger partial charge is 0.351 e. The van der Waals surface area contributed by atoms with Gasteiger partial charge in [-0.15, -0.1) is 11.8 Å². The number of hydrogen-bond donors (Lipinski definition) is 1. The van der Waals surface area contributed by atoms with Crippen molar-refractivity contribution >= 4 is 50.0 Å². The van der Waals surface area contributed by atoms with E-state index in [4.69, 9.17) is 0 Å². The molecule has 32 heavy (non-hydrogen) atoms. The number of nitrogens with one attached hydrogen (secondary N) is 1. The van der Waals surface area contributed by atoms with Crippen LogP contribution >= 0.6 is 23.1 Å². The van der Waals surface area contributed by atoms with Gasteiger partial charge >= 0.3 is 0 Å². The molecule has 2 heterocycles. The number of nitro benzene ring substituents is 1. The summed E-state index contributed by atoms with van der Waals surface area (Å²) in [7, 11) is 0. The van der Waals surface area contributed by atoms with E-state index in [9.17, 15) is 14.9 Å². The van der Waals surface area contributed by atoms with E-state index in [1.54, 1.807) is 23.9 Å². The summed E-state index contributed by atoms with van der Waals surface area (Å²) >= 11 is 3.22. The Morgan fingerprint density at radius 1 is 1.22 bits per heavy atom. The minimum absolute atomic E-state index is 0.0363. The number of non-ortho nitro benzene ring substituents is 1. The lowest BCUT2D eigenvalue weighted by molar-refractivity contribution is -0.384. The molecule has 1 amide bonds. The summed E-state index contributed by atoms with van der Waals surface area (Å²) in [5.74, 6) is 0.944. The molecule has 0 atom stereocenters. The molecule has 0 aliphatic carbocycles. The third-order valence-electron chi connectivity index (χ3n) is 5.34. The van der Waals surface area contributed by atoms with Crippen molar-refractivity contribution in [2.75, 3.05) is 49.9 Å². The average molecular weight is 472 g/mol. The maximum absolute atomic E-state index is 12.4. The van der Waals surface area contributed by atoms with Crippen LogP contribution in [0.4, 0.5) is 10.8 Å². The molecule has 1 fully saturated rings. The molecule has 0 unspecified atom stereocenters. The maximum atomic E-state index is 12.4. The second-order valence-electron chi connectivity index (χ2n) is 7.45. The van der Waals surface area contributed by atoms with Crippen molar-refractivity contribution in [2.45, 2.75) is 11.8 Å². The Bertz CT molecular complexity index is 1110. The van der Waals surface area contributed by atoms with Gasteiger partial charge < -0.3 is 10.2 Å². The number of piperazine rings is 1. The molecule has 1 N–H and O–H groups in total. The Balaban J connectivity index is 1.25. The number of anilines is 1. The van der Waals surface area contributed by atoms with Crippen LogP contribution in [-0.2, 0) is 0 Å². The lowest BCUT2D eigenvalue weighted by Crippen LogP contribution is -2.48. The molecule has 1 aliphatic heterocycles. The Morgan fingerprint density at radius 3 is 2.78 bits per heavy atom. The number of thiazole rings is 1. The Morgan fingerprint density at radius 2 is 2.03 bits per heavy atom. The van der Waals surface area contributed by atoms with Crippen LogP contribution in [-0.4, -0.2) is 65.7 Å². The van der Waals surface area contributed by atoms with Gasteiger partial charge in [0.15, 0.2) is 5.13 Å². The zero-order valence-electron chi connectivity index (χ0n) is 17.8. The lowest BCUT2D eigenvalue weighted by atomic mass is 10.2. The Hall–Kier alpha value is -2.69. The van der Waals surface area contributed by atoms with Crippen LogP contribution in [0.5, 0.6) is 0 Å². The number of rotatable bonds is 8. The predicted octanol–water partition coefficient (Wildman–Crippen LogP) is 3.87. The van der Waals surface area contributed by atoms with Crippen LogP contribution in [0.15, 0.2) is 47.4 Å². The van der Waals surface area contributed by atoms with E-state index in [1.807, 2.05) is 24.3 Å². The highest BCUT2D eigenvalue weighted by Gasteiger charge is 2.20. The number of carbonyl (C=O) groups excluding carboxylic acids is 1. The van der Waals surface area contributed by atoms with Crippen LogP contribution in [0.25, 0.3) is 10.2 Å². The smallest absolute Gasteiger partial charge is 0.270 e. The van der Waals surface area contributed by atoms with Gasteiger partial charge in [-0.25, -0.2) is 4.98 Å². The summed E-state index contributed by atoms with van der Waals surface area (Å²) in [6.45, 7) is 6.95. The maximum Gasteiger partial charge on any atom is 0.270 e. The molecule has 3 aromatic rings. The van der Waals surface area contributed by atoms with Gasteiger partial charge in [-0.2, -0.15) is 0 Å². The van der Waals surface area contributed by atoms with E-state index >= 15 is 0 Å². The van der Waals surface area contributed by atoms with Gasteiger partial charge in [-0.05, 0) is 30.0 Å². The molecule has 1 aliphatic rings. The Kier molecular flexibility index (Phi) is 7.23. The van der Waals surface area contributed by atoms with Crippen molar-refractivity contribution in [3.05, 3.63) is 58.1 Å². The fraction of sp³-hybridized carbons (Fsp3) is 0.364. The number of aromatic nitrogens is 1. The summed E-state index contributed by atoms with van der Waals surface area (Å²) in [5, 5.41) is 14.9. The number of thioether (sulfide) groups is 1. The van der Waals surface area contributed by atoms with Gasteiger partial charge in [0.05, 0.1) is 15.1 Å². The molecule has 10 heteroatoms. The van der Waals surface area contributed by atoms with Gasteiger partial charge in [0.2, 0.25) is 0 Å². The van der Waals surface area contributed by atoms with E-state index in [-0.39, 0.29) is 16.5 Å². The van der Waals surface area contributed by atoms with E-state index < -0.39 is 0 Å². The van der Waals surface area contributed by atoms with Crippen LogP contribution in [0.2, 0.25) is 0 Å². The molecular weight excluding hydrogens is 446 g/mol. The number of benzene rings is 2. The summed E-state index contributed by atoms with van der Waals surface area (Å²) in [5.41, 5.74) is 1.59. The molecule has 0 radical (unpaired) electrons. The van der Waals surface area contributed by atoms with Gasteiger partial charge in [0, 0.05) is 61.9 Å². The fourth-order valence-electron chi connectivity index (χ4n) is 3.64. The minimum Gasteiger partial charge on any atom is -0.351 e. The second-order valence-corrected chi connectivity index (χ2v) is 9.80. The highest BCUT2D eigenvalue weighted by atomic mass is 32.2. The van der Waals surface area contributed by atoms with E-state index in [1.165, 1.54) is 17.4 Å². The quantitative estimate of drug-likeness (QED) is 0.303. The first kappa shape index (κ1) is 22.5. The van der Waals surface area contributed by atoms with Crippen LogP contribution < -0.4 is 10.2 Å². The summed E-state index contributed by atoms with van der Waals surface area (Å²) in [6, 6.07) is 12.5. The molecule has 168 valence electrons. The molecule has 1 saturated heterocycles. The van der Waals surface area contributed by atoms with E-state index in [0.29, 0.717) is 12.1 Å². The van der Waals surface area contributed by atoms with Gasteiger partial charge in [0.25, 0.3) is 11.6 Å². The normalized spacial score (nSPS) is 14.6. The molecule has 0 saturated carbocycles. The van der Waals surface area contributed by atoms with Crippen molar-refractivity contribution in [3.63, 3.8) is 0 Å². The van der Waals surface area contributed by atoms with Crippen molar-refractivity contribution in [1.82, 2.24) is 15.2 Å². The number of nitro groups is 1. The van der Waals surface area contributed by atoms with Crippen molar-refractivity contribution in [2.24, 2.45) is 0 Å². The summed E-state index contributed by atoms with van der Waals surface area (Å²) < 4.78 is 0.834. The van der Waals surface area contributed by atoms with Gasteiger partial charge in [-0.1, -0.05) is 24.3 Å². The van der Waals surface area contributed by atoms with Crippen molar-refractivity contribution in [3.8, 4) is 0 Å². The third kappa shape index (κ3) is 5.37. The SMILES string of the molecule is CCSc1cccc(C(=O)NCCN2CCN(c3nc4ccc([N+](=O)[O-])cc4s3)CC2)c1. The number of hydrogen-bond acceptors (Lipinski definition) is 8. The molecule has 2 aromatic carbocycles. The molecule has 0 bridgehead atoms. The lowest BCUT2D eigenvalue weighted by Gasteiger charge is -2.34. The van der Waals surface area contributed by atoms with Crippen LogP contribution in [0, 0.1) is 10.1 Å². The highest BCUT2D eigenvalue weighted by molar-refractivity contribution is 7.99. The number of fused-ring (bicyclic) bond motifs is 1. The first-order valence-corrected chi connectivity index (χ1v) is 12.4. The fourth-order valence-corrected chi connectivity index (χ4v) is 5.40. The van der Waals surface area contributed by atoms with Gasteiger partial charge in [-0.3, -0.25) is 19.8 Å². The van der Waals surface area contributed by atoms with Crippen LogP contribution in [0.3, 0.4) is 0 Å². The standard InChI is InChI=1S/C22H25N5O3S2/c1-2-31-18-5-3-4-16(14-18)21(28)23-8-9-25-10-12-26(13-11-25)22-24-19-7-6-17(27(29)30)15-20(19)32-22/h3-7,14-15H,2,8-13H2,1H3,(H,23,28).